The molecule has 0 aliphatic carbocycles. The molecule has 3 N–H and O–H groups in total. The Hall–Kier alpha value is -1.13. The van der Waals surface area contributed by atoms with Gasteiger partial charge < -0.3 is 15.5 Å². The monoisotopic (exact) mass is 704 g/mol. The predicted molar refractivity (Wildman–Crippen MR) is 221 cm³/mol. The highest BCUT2D eigenvalue weighted by molar-refractivity contribution is 5.76. The van der Waals surface area contributed by atoms with Crippen molar-refractivity contribution in [1.29, 1.82) is 0 Å². The first-order chi connectivity index (χ1) is 24.7. The van der Waals surface area contributed by atoms with E-state index >= 15 is 0 Å². The van der Waals surface area contributed by atoms with Crippen molar-refractivity contribution in [2.75, 3.05) is 6.61 Å². The minimum atomic E-state index is -0.840. The summed E-state index contributed by atoms with van der Waals surface area (Å²) in [5, 5.41) is 23.0. The lowest BCUT2D eigenvalue weighted by molar-refractivity contribution is -0.123. The third kappa shape index (κ3) is 38.1. The van der Waals surface area contributed by atoms with Gasteiger partial charge in [-0.2, -0.15) is 0 Å². The Kier molecular flexibility index (Phi) is 41.3. The van der Waals surface area contributed by atoms with Gasteiger partial charge >= 0.3 is 0 Å². The minimum Gasteiger partial charge on any atom is -0.394 e. The van der Waals surface area contributed by atoms with Gasteiger partial charge in [-0.3, -0.25) is 4.79 Å². The number of unbranched alkanes of at least 4 members (excludes halogenated alkanes) is 32. The fraction of sp³-hybridized carbons (Fsp3) is 0.891. The zero-order chi connectivity index (χ0) is 36.4. The molecule has 2 unspecified atom stereocenters. The van der Waals surface area contributed by atoms with Crippen molar-refractivity contribution in [3.05, 3.63) is 24.3 Å². The molecule has 0 saturated carbocycles. The van der Waals surface area contributed by atoms with Gasteiger partial charge in [-0.25, -0.2) is 0 Å². The van der Waals surface area contributed by atoms with Crippen LogP contribution in [0, 0.1) is 0 Å². The van der Waals surface area contributed by atoms with E-state index < -0.39 is 12.1 Å². The summed E-state index contributed by atoms with van der Waals surface area (Å²) >= 11 is 0. The highest BCUT2D eigenvalue weighted by Gasteiger charge is 2.17. The fourth-order valence-corrected chi connectivity index (χ4v) is 6.94. The third-order valence-corrected chi connectivity index (χ3v) is 10.4. The van der Waals surface area contributed by atoms with E-state index in [1.165, 1.54) is 193 Å². The van der Waals surface area contributed by atoms with Crippen LogP contribution < -0.4 is 5.32 Å². The Morgan fingerprint density at radius 1 is 0.460 bits per heavy atom. The zero-order valence-electron chi connectivity index (χ0n) is 33.9. The second-order valence-corrected chi connectivity index (χ2v) is 15.5. The SMILES string of the molecule is CCCCCCCC/C=C\CCCCCCCC(=O)NC(CO)C(O)/C=C/CCCCCCCCCCCCCCCCCCCCCCC. The van der Waals surface area contributed by atoms with Crippen LogP contribution in [0.15, 0.2) is 24.3 Å². The molecule has 0 spiro atoms. The van der Waals surface area contributed by atoms with E-state index in [2.05, 4.69) is 31.3 Å². The normalized spacial score (nSPS) is 13.1. The number of aliphatic hydroxyl groups is 2. The maximum Gasteiger partial charge on any atom is 0.220 e. The number of nitrogens with one attached hydrogen (secondary N) is 1. The molecule has 4 heteroatoms. The molecular weight excluding hydrogens is 615 g/mol. The summed E-state index contributed by atoms with van der Waals surface area (Å²) < 4.78 is 0. The maximum absolute atomic E-state index is 12.4. The van der Waals surface area contributed by atoms with Crippen LogP contribution in [0.25, 0.3) is 0 Å². The smallest absolute Gasteiger partial charge is 0.220 e. The molecule has 4 nitrogen and oxygen atoms in total. The first-order valence-corrected chi connectivity index (χ1v) is 22.6. The van der Waals surface area contributed by atoms with Gasteiger partial charge in [0, 0.05) is 6.42 Å². The average Bonchev–Trinajstić information content (AvgIpc) is 3.12. The topological polar surface area (TPSA) is 69.6 Å². The van der Waals surface area contributed by atoms with E-state index in [0.29, 0.717) is 6.42 Å². The van der Waals surface area contributed by atoms with E-state index in [-0.39, 0.29) is 12.5 Å². The fourth-order valence-electron chi connectivity index (χ4n) is 6.94. The molecule has 0 bridgehead atoms. The molecule has 296 valence electrons. The van der Waals surface area contributed by atoms with Gasteiger partial charge in [-0.15, -0.1) is 0 Å². The molecule has 0 aliphatic heterocycles. The van der Waals surface area contributed by atoms with E-state index in [9.17, 15) is 15.0 Å². The summed E-state index contributed by atoms with van der Waals surface area (Å²) in [6.07, 6.45) is 54.3. The molecule has 0 aromatic heterocycles. The summed E-state index contributed by atoms with van der Waals surface area (Å²) in [7, 11) is 0. The van der Waals surface area contributed by atoms with Crippen LogP contribution in [0.4, 0.5) is 0 Å². The van der Waals surface area contributed by atoms with Crippen molar-refractivity contribution < 1.29 is 15.0 Å². The second kappa shape index (κ2) is 42.3. The van der Waals surface area contributed by atoms with E-state index in [1.807, 2.05) is 6.08 Å². The number of allylic oxidation sites excluding steroid dienone is 3. The molecule has 0 aliphatic rings. The van der Waals surface area contributed by atoms with Crippen LogP contribution in [0.1, 0.15) is 245 Å². The van der Waals surface area contributed by atoms with Gasteiger partial charge in [0.05, 0.1) is 18.8 Å². The van der Waals surface area contributed by atoms with Gasteiger partial charge in [0.1, 0.15) is 0 Å². The number of carbonyl (C=O) groups is 1. The third-order valence-electron chi connectivity index (χ3n) is 10.4. The Morgan fingerprint density at radius 2 is 0.760 bits per heavy atom. The summed E-state index contributed by atoms with van der Waals surface area (Å²) in [6, 6.07) is -0.624. The number of hydrogen-bond donors (Lipinski definition) is 3. The van der Waals surface area contributed by atoms with Gasteiger partial charge in [0.25, 0.3) is 0 Å². The van der Waals surface area contributed by atoms with Crippen molar-refractivity contribution >= 4 is 5.91 Å². The molecule has 0 fully saturated rings. The van der Waals surface area contributed by atoms with Crippen molar-refractivity contribution in [3.63, 3.8) is 0 Å². The standard InChI is InChI=1S/C46H89NO3/c1-3-5-7-9-11-13-15-17-19-20-21-22-23-24-25-26-28-29-31-33-35-37-39-41-45(49)44(43-48)47-46(50)42-40-38-36-34-32-30-27-18-16-14-12-10-8-6-4-2/h18,27,39,41,44-45,48-49H,3-17,19-26,28-38,40,42-43H2,1-2H3,(H,47,50)/b27-18-,41-39+. The molecule has 1 amide bonds. The first-order valence-electron chi connectivity index (χ1n) is 22.6. The Balaban J connectivity index is 3.53. The van der Waals surface area contributed by atoms with E-state index in [4.69, 9.17) is 0 Å². The molecular formula is C46H89NO3. The van der Waals surface area contributed by atoms with Gasteiger partial charge in [-0.05, 0) is 44.9 Å². The average molecular weight is 704 g/mol. The highest BCUT2D eigenvalue weighted by Crippen LogP contribution is 2.16. The number of carbonyl (C=O) groups excluding carboxylic acids is 1. The molecule has 50 heavy (non-hydrogen) atoms. The Labute approximate surface area is 313 Å². The quantitative estimate of drug-likeness (QED) is 0.0438. The Bertz CT molecular complexity index is 720. The molecule has 0 radical (unpaired) electrons. The summed E-state index contributed by atoms with van der Waals surface area (Å²) in [5.41, 5.74) is 0. The largest absolute Gasteiger partial charge is 0.394 e. The van der Waals surface area contributed by atoms with E-state index in [1.54, 1.807) is 6.08 Å². The first kappa shape index (κ1) is 48.9. The predicted octanol–water partition coefficient (Wildman–Crippen LogP) is 14.0. The molecule has 0 saturated heterocycles. The molecule has 0 rings (SSSR count). The Morgan fingerprint density at radius 3 is 1.10 bits per heavy atom. The van der Waals surface area contributed by atoms with E-state index in [0.717, 1.165) is 32.1 Å². The van der Waals surface area contributed by atoms with Crippen molar-refractivity contribution in [3.8, 4) is 0 Å². The van der Waals surface area contributed by atoms with Gasteiger partial charge in [0.2, 0.25) is 5.91 Å². The van der Waals surface area contributed by atoms with Crippen molar-refractivity contribution in [1.82, 2.24) is 5.32 Å². The lowest BCUT2D eigenvalue weighted by atomic mass is 10.0. The van der Waals surface area contributed by atoms with Crippen LogP contribution in [0.2, 0.25) is 0 Å². The lowest BCUT2D eigenvalue weighted by Gasteiger charge is -2.20. The maximum atomic E-state index is 12.4. The summed E-state index contributed by atoms with van der Waals surface area (Å²) in [4.78, 5) is 12.4. The number of rotatable bonds is 41. The van der Waals surface area contributed by atoms with Gasteiger partial charge in [0.15, 0.2) is 0 Å². The highest BCUT2D eigenvalue weighted by atomic mass is 16.3. The molecule has 2 atom stereocenters. The number of amides is 1. The van der Waals surface area contributed by atoms with Crippen molar-refractivity contribution in [2.45, 2.75) is 257 Å². The zero-order valence-corrected chi connectivity index (χ0v) is 33.9. The molecule has 0 aromatic rings. The van der Waals surface area contributed by atoms with Crippen LogP contribution >= 0.6 is 0 Å². The van der Waals surface area contributed by atoms with Crippen LogP contribution in [-0.4, -0.2) is 34.9 Å². The molecule has 0 heterocycles. The summed E-state index contributed by atoms with van der Waals surface area (Å²) in [5.74, 6) is -0.0709. The molecule has 0 aromatic carbocycles. The second-order valence-electron chi connectivity index (χ2n) is 15.5. The number of hydrogen-bond acceptors (Lipinski definition) is 3. The lowest BCUT2D eigenvalue weighted by Crippen LogP contribution is -2.45. The summed E-state index contributed by atoms with van der Waals surface area (Å²) in [6.45, 7) is 4.31. The van der Waals surface area contributed by atoms with Crippen LogP contribution in [0.5, 0.6) is 0 Å². The van der Waals surface area contributed by atoms with Crippen LogP contribution in [-0.2, 0) is 4.79 Å². The number of aliphatic hydroxyl groups excluding tert-OH is 2. The van der Waals surface area contributed by atoms with Crippen molar-refractivity contribution in [2.24, 2.45) is 0 Å². The minimum absolute atomic E-state index is 0.0709. The van der Waals surface area contributed by atoms with Crippen LogP contribution in [0.3, 0.4) is 0 Å². The van der Waals surface area contributed by atoms with Gasteiger partial charge in [-0.1, -0.05) is 218 Å².